The number of hydrogen-bond donors (Lipinski definition) is 0. The zero-order valence-electron chi connectivity index (χ0n) is 30.6. The van der Waals surface area contributed by atoms with E-state index in [1.807, 2.05) is 60.7 Å². The van der Waals surface area contributed by atoms with Crippen LogP contribution in [0, 0.1) is 0 Å². The topological polar surface area (TPSA) is 65.0 Å². The smallest absolute Gasteiger partial charge is 0.164 e. The van der Waals surface area contributed by atoms with Crippen LogP contribution in [0.15, 0.2) is 160 Å². The largest absolute Gasteiger partial charge is 0.456 e. The lowest BCUT2D eigenvalue weighted by Gasteiger charge is -2.36. The molecule has 266 valence electrons. The zero-order valence-corrected chi connectivity index (χ0v) is 30.6. The van der Waals surface area contributed by atoms with Gasteiger partial charge in [-0.2, -0.15) is 0 Å². The summed E-state index contributed by atoms with van der Waals surface area (Å²) >= 11 is 0. The number of nitrogens with zero attached hydrogens (tertiary/aromatic N) is 3. The van der Waals surface area contributed by atoms with Crippen molar-refractivity contribution in [3.05, 3.63) is 163 Å². The normalized spacial score (nSPS) is 14.6. The van der Waals surface area contributed by atoms with Gasteiger partial charge >= 0.3 is 0 Å². The van der Waals surface area contributed by atoms with E-state index in [1.165, 1.54) is 65.5 Å². The number of furan rings is 2. The van der Waals surface area contributed by atoms with Crippen LogP contribution in [0.1, 0.15) is 43.2 Å². The second kappa shape index (κ2) is 12.1. The van der Waals surface area contributed by atoms with E-state index in [9.17, 15) is 0 Å². The highest BCUT2D eigenvalue weighted by atomic mass is 16.3. The summed E-state index contributed by atoms with van der Waals surface area (Å²) in [5, 5.41) is 4.20. The highest BCUT2D eigenvalue weighted by Crippen LogP contribution is 2.56. The Morgan fingerprint density at radius 3 is 1.48 bits per heavy atom. The van der Waals surface area contributed by atoms with E-state index < -0.39 is 0 Å². The molecule has 0 N–H and O–H groups in total. The van der Waals surface area contributed by atoms with Gasteiger partial charge in [0.1, 0.15) is 22.3 Å². The van der Waals surface area contributed by atoms with E-state index in [2.05, 4.69) is 91.0 Å². The Labute approximate surface area is 323 Å². The van der Waals surface area contributed by atoms with Crippen molar-refractivity contribution in [1.82, 2.24) is 15.0 Å². The van der Waals surface area contributed by atoms with Crippen LogP contribution >= 0.6 is 0 Å². The van der Waals surface area contributed by atoms with Crippen molar-refractivity contribution in [2.24, 2.45) is 0 Å². The lowest BCUT2D eigenvalue weighted by atomic mass is 9.67. The molecule has 5 heteroatoms. The molecule has 56 heavy (non-hydrogen) atoms. The fraction of sp³-hybridized carbons (Fsp3) is 0.118. The standard InChI is InChI=1S/C51H35N3O2/c1-8-26-51(27-9-1)42-13-5-2-10-36(42)37-23-20-33(30-43(37)51)31-16-18-32(19-17-31)48-52-49(34-21-24-46-40(28-34)38-11-3-6-14-44(38)55-46)54-50(53-48)35-22-25-47-41(29-35)39-12-4-7-15-45(39)56-47/h2-7,10-25,28-30H,1,8-9,26-27H2. The Kier molecular flexibility index (Phi) is 6.79. The molecule has 12 rings (SSSR count). The van der Waals surface area contributed by atoms with Crippen molar-refractivity contribution >= 4 is 43.9 Å². The molecule has 0 atom stereocenters. The fourth-order valence-corrected chi connectivity index (χ4v) is 9.63. The Bertz CT molecular complexity index is 3050. The molecule has 0 bridgehead atoms. The Balaban J connectivity index is 0.975. The van der Waals surface area contributed by atoms with Gasteiger partial charge in [-0.3, -0.25) is 0 Å². The van der Waals surface area contributed by atoms with Gasteiger partial charge in [-0.05, 0) is 101 Å². The number of para-hydroxylation sites is 2. The summed E-state index contributed by atoms with van der Waals surface area (Å²) in [6.45, 7) is 0. The van der Waals surface area contributed by atoms with E-state index in [4.69, 9.17) is 23.8 Å². The first-order valence-corrected chi connectivity index (χ1v) is 19.6. The highest BCUT2D eigenvalue weighted by Gasteiger charge is 2.43. The monoisotopic (exact) mass is 721 g/mol. The molecular formula is C51H35N3O2. The van der Waals surface area contributed by atoms with Crippen LogP contribution in [0.25, 0.3) is 100 Å². The summed E-state index contributed by atoms with van der Waals surface area (Å²) in [6.07, 6.45) is 6.32. The molecule has 1 spiro atoms. The molecule has 0 unspecified atom stereocenters. The van der Waals surface area contributed by atoms with Crippen LogP contribution in [0.2, 0.25) is 0 Å². The molecule has 7 aromatic carbocycles. The predicted molar refractivity (Wildman–Crippen MR) is 225 cm³/mol. The van der Waals surface area contributed by atoms with Gasteiger partial charge in [0.2, 0.25) is 0 Å². The van der Waals surface area contributed by atoms with Gasteiger partial charge in [0.25, 0.3) is 0 Å². The number of hydrogen-bond acceptors (Lipinski definition) is 5. The molecule has 0 aliphatic heterocycles. The third-order valence-electron chi connectivity index (χ3n) is 12.4. The quantitative estimate of drug-likeness (QED) is 0.181. The van der Waals surface area contributed by atoms with Crippen LogP contribution < -0.4 is 0 Å². The fourth-order valence-electron chi connectivity index (χ4n) is 9.63. The lowest BCUT2D eigenvalue weighted by molar-refractivity contribution is 0.353. The van der Waals surface area contributed by atoms with Crippen LogP contribution in [0.4, 0.5) is 0 Å². The third-order valence-corrected chi connectivity index (χ3v) is 12.4. The van der Waals surface area contributed by atoms with E-state index in [0.717, 1.165) is 60.6 Å². The number of fused-ring (bicyclic) bond motifs is 11. The average molecular weight is 722 g/mol. The Morgan fingerprint density at radius 2 is 0.839 bits per heavy atom. The summed E-state index contributed by atoms with van der Waals surface area (Å²) in [4.78, 5) is 15.4. The first-order chi connectivity index (χ1) is 27.7. The molecule has 0 radical (unpaired) electrons. The molecule has 2 aliphatic rings. The summed E-state index contributed by atoms with van der Waals surface area (Å²) < 4.78 is 12.3. The molecule has 2 aliphatic carbocycles. The lowest BCUT2D eigenvalue weighted by Crippen LogP contribution is -2.28. The van der Waals surface area contributed by atoms with Crippen LogP contribution in [0.5, 0.6) is 0 Å². The first-order valence-electron chi connectivity index (χ1n) is 19.6. The molecule has 1 saturated carbocycles. The van der Waals surface area contributed by atoms with Crippen molar-refractivity contribution in [3.8, 4) is 56.4 Å². The van der Waals surface area contributed by atoms with Crippen molar-refractivity contribution in [2.75, 3.05) is 0 Å². The second-order valence-corrected chi connectivity index (χ2v) is 15.5. The van der Waals surface area contributed by atoms with E-state index in [1.54, 1.807) is 0 Å². The Hall–Kier alpha value is -6.85. The number of aromatic nitrogens is 3. The van der Waals surface area contributed by atoms with Crippen molar-refractivity contribution < 1.29 is 8.83 Å². The molecule has 0 amide bonds. The minimum atomic E-state index is 0.120. The summed E-state index contributed by atoms with van der Waals surface area (Å²) in [6, 6.07) is 53.5. The van der Waals surface area contributed by atoms with Crippen molar-refractivity contribution in [2.45, 2.75) is 37.5 Å². The zero-order chi connectivity index (χ0) is 36.8. The minimum absolute atomic E-state index is 0.120. The van der Waals surface area contributed by atoms with Crippen molar-refractivity contribution in [3.63, 3.8) is 0 Å². The average Bonchev–Trinajstić information content (AvgIpc) is 3.91. The van der Waals surface area contributed by atoms with E-state index in [-0.39, 0.29) is 5.41 Å². The van der Waals surface area contributed by atoms with Gasteiger partial charge < -0.3 is 8.83 Å². The maximum Gasteiger partial charge on any atom is 0.164 e. The van der Waals surface area contributed by atoms with Gasteiger partial charge in [-0.1, -0.05) is 116 Å². The molecule has 5 nitrogen and oxygen atoms in total. The number of rotatable bonds is 4. The van der Waals surface area contributed by atoms with Crippen LogP contribution in [-0.4, -0.2) is 15.0 Å². The number of benzene rings is 7. The van der Waals surface area contributed by atoms with Crippen LogP contribution in [-0.2, 0) is 5.41 Å². The van der Waals surface area contributed by atoms with Crippen molar-refractivity contribution in [1.29, 1.82) is 0 Å². The molecule has 3 heterocycles. The second-order valence-electron chi connectivity index (χ2n) is 15.5. The van der Waals surface area contributed by atoms with Crippen LogP contribution in [0.3, 0.4) is 0 Å². The summed E-state index contributed by atoms with van der Waals surface area (Å²) in [7, 11) is 0. The Morgan fingerprint density at radius 1 is 0.357 bits per heavy atom. The molecule has 0 saturated heterocycles. The third kappa shape index (κ3) is 4.77. The highest BCUT2D eigenvalue weighted by molar-refractivity contribution is 6.07. The van der Waals surface area contributed by atoms with Gasteiger partial charge in [0, 0.05) is 43.7 Å². The maximum atomic E-state index is 6.16. The van der Waals surface area contributed by atoms with E-state index >= 15 is 0 Å². The summed E-state index contributed by atoms with van der Waals surface area (Å²) in [5.41, 5.74) is 14.5. The SMILES string of the molecule is c1ccc2c(c1)-c1ccc(-c3ccc(-c4nc(-c5ccc6oc7ccccc7c6c5)nc(-c5ccc6oc7ccccc7c6c5)n4)cc3)cc1C21CCCCC1. The van der Waals surface area contributed by atoms with Gasteiger partial charge in [-0.25, -0.2) is 15.0 Å². The molecule has 3 aromatic heterocycles. The van der Waals surface area contributed by atoms with Gasteiger partial charge in [0.15, 0.2) is 17.5 Å². The summed E-state index contributed by atoms with van der Waals surface area (Å²) in [5.74, 6) is 1.83. The van der Waals surface area contributed by atoms with E-state index in [0.29, 0.717) is 17.5 Å². The minimum Gasteiger partial charge on any atom is -0.456 e. The first kappa shape index (κ1) is 31.5. The molecule has 10 aromatic rings. The maximum absolute atomic E-state index is 6.16. The predicted octanol–water partition coefficient (Wildman–Crippen LogP) is 13.6. The van der Waals surface area contributed by atoms with Gasteiger partial charge in [0.05, 0.1) is 0 Å². The molecular weight excluding hydrogens is 687 g/mol. The van der Waals surface area contributed by atoms with Gasteiger partial charge in [-0.15, -0.1) is 0 Å². The molecule has 1 fully saturated rings.